The monoisotopic (exact) mass is 331 g/mol. The van der Waals surface area contributed by atoms with Gasteiger partial charge in [-0.1, -0.05) is 19.1 Å². The molecule has 0 radical (unpaired) electrons. The van der Waals surface area contributed by atoms with Gasteiger partial charge in [-0.2, -0.15) is 0 Å². The zero-order chi connectivity index (χ0) is 16.8. The van der Waals surface area contributed by atoms with Crippen molar-refractivity contribution in [2.24, 2.45) is 0 Å². The van der Waals surface area contributed by atoms with E-state index < -0.39 is 5.97 Å². The van der Waals surface area contributed by atoms with Gasteiger partial charge in [-0.15, -0.1) is 11.3 Å². The summed E-state index contributed by atoms with van der Waals surface area (Å²) in [6, 6.07) is 8.87. The first-order valence-electron chi connectivity index (χ1n) is 7.02. The lowest BCUT2D eigenvalue weighted by Gasteiger charge is -2.01. The van der Waals surface area contributed by atoms with E-state index in [2.05, 4.69) is 5.32 Å². The molecule has 0 fully saturated rings. The highest BCUT2D eigenvalue weighted by Gasteiger charge is 2.15. The highest BCUT2D eigenvalue weighted by atomic mass is 32.1. The zero-order valence-corrected chi connectivity index (χ0v) is 13.6. The molecule has 0 bridgehead atoms. The number of thiophene rings is 1. The molecule has 6 heteroatoms. The van der Waals surface area contributed by atoms with Crippen LogP contribution in [-0.2, 0) is 11.2 Å². The van der Waals surface area contributed by atoms with Crippen molar-refractivity contribution in [3.05, 3.63) is 52.4 Å². The second-order valence-corrected chi connectivity index (χ2v) is 5.85. The fourth-order valence-corrected chi connectivity index (χ4v) is 2.93. The molecule has 1 aromatic carbocycles. The summed E-state index contributed by atoms with van der Waals surface area (Å²) in [5.41, 5.74) is 0.938. The zero-order valence-electron chi connectivity index (χ0n) is 12.8. The first kappa shape index (κ1) is 16.8. The van der Waals surface area contributed by atoms with Crippen LogP contribution in [0.2, 0.25) is 0 Å². The molecule has 1 heterocycles. The predicted molar refractivity (Wildman–Crippen MR) is 91.3 cm³/mol. The number of nitrogens with one attached hydrogen (secondary N) is 1. The van der Waals surface area contributed by atoms with Gasteiger partial charge in [-0.05, 0) is 36.3 Å². The van der Waals surface area contributed by atoms with E-state index in [9.17, 15) is 14.7 Å². The van der Waals surface area contributed by atoms with E-state index in [1.165, 1.54) is 17.4 Å². The molecule has 0 saturated heterocycles. The molecule has 1 aromatic heterocycles. The Morgan fingerprint density at radius 2 is 2.13 bits per heavy atom. The lowest BCUT2D eigenvalue weighted by atomic mass is 10.2. The van der Waals surface area contributed by atoms with Crippen molar-refractivity contribution in [1.82, 2.24) is 0 Å². The van der Waals surface area contributed by atoms with Crippen LogP contribution in [0.1, 0.15) is 27.7 Å². The Hall–Kier alpha value is -2.60. The van der Waals surface area contributed by atoms with Gasteiger partial charge in [0.2, 0.25) is 5.91 Å². The molecule has 2 aromatic rings. The molecule has 120 valence electrons. The van der Waals surface area contributed by atoms with E-state index in [0.29, 0.717) is 10.8 Å². The molecule has 0 aliphatic carbocycles. The average molecular weight is 331 g/mol. The van der Waals surface area contributed by atoms with Crippen molar-refractivity contribution in [2.75, 3.05) is 12.4 Å². The van der Waals surface area contributed by atoms with Gasteiger partial charge in [0.1, 0.15) is 10.8 Å². The number of carboxylic acid groups (broad SMARTS) is 1. The Morgan fingerprint density at radius 1 is 1.35 bits per heavy atom. The summed E-state index contributed by atoms with van der Waals surface area (Å²) in [5.74, 6) is -0.723. The standard InChI is InChI=1S/C17H17NO4S/c1-3-13-10-14(17(20)21)16(23-13)18-15(19)8-7-11-5-4-6-12(9-11)22-2/h4-10H,3H2,1-2H3,(H,18,19)(H,20,21)/b8-7+. The molecule has 1 amide bonds. The largest absolute Gasteiger partial charge is 0.497 e. The fraction of sp³-hybridized carbons (Fsp3) is 0.176. The number of hydrogen-bond acceptors (Lipinski definition) is 4. The number of carbonyl (C=O) groups excluding carboxylic acids is 1. The smallest absolute Gasteiger partial charge is 0.338 e. The molecule has 0 saturated carbocycles. The molecule has 0 atom stereocenters. The molecule has 0 spiro atoms. The predicted octanol–water partition coefficient (Wildman–Crippen LogP) is 3.67. The third-order valence-electron chi connectivity index (χ3n) is 3.12. The van der Waals surface area contributed by atoms with Crippen LogP contribution in [0.4, 0.5) is 5.00 Å². The third kappa shape index (κ3) is 4.43. The number of amides is 1. The van der Waals surface area contributed by atoms with E-state index in [1.54, 1.807) is 25.3 Å². The summed E-state index contributed by atoms with van der Waals surface area (Å²) < 4.78 is 5.12. The number of anilines is 1. The van der Waals surface area contributed by atoms with E-state index >= 15 is 0 Å². The molecular formula is C17H17NO4S. The summed E-state index contributed by atoms with van der Waals surface area (Å²) >= 11 is 1.28. The van der Waals surface area contributed by atoms with Crippen LogP contribution >= 0.6 is 11.3 Å². The molecule has 0 aliphatic rings. The molecule has 2 rings (SSSR count). The third-order valence-corrected chi connectivity index (χ3v) is 4.31. The van der Waals surface area contributed by atoms with Gasteiger partial charge in [0.25, 0.3) is 0 Å². The van der Waals surface area contributed by atoms with Crippen LogP contribution in [0.3, 0.4) is 0 Å². The number of benzene rings is 1. The minimum absolute atomic E-state index is 0.120. The van der Waals surface area contributed by atoms with Crippen LogP contribution < -0.4 is 10.1 Å². The van der Waals surface area contributed by atoms with Crippen LogP contribution in [-0.4, -0.2) is 24.1 Å². The fourth-order valence-electron chi connectivity index (χ4n) is 1.94. The number of ether oxygens (including phenoxy) is 1. The Balaban J connectivity index is 2.11. The van der Waals surface area contributed by atoms with Crippen LogP contribution in [0.15, 0.2) is 36.4 Å². The lowest BCUT2D eigenvalue weighted by molar-refractivity contribution is -0.111. The van der Waals surface area contributed by atoms with Gasteiger partial charge in [-0.25, -0.2) is 4.79 Å². The van der Waals surface area contributed by atoms with Gasteiger partial charge in [0, 0.05) is 11.0 Å². The maximum absolute atomic E-state index is 12.0. The van der Waals surface area contributed by atoms with Gasteiger partial charge in [-0.3, -0.25) is 4.79 Å². The second-order valence-electron chi connectivity index (χ2n) is 4.71. The first-order valence-corrected chi connectivity index (χ1v) is 7.84. The topological polar surface area (TPSA) is 75.6 Å². The van der Waals surface area contributed by atoms with Crippen LogP contribution in [0.5, 0.6) is 5.75 Å². The van der Waals surface area contributed by atoms with Gasteiger partial charge < -0.3 is 15.2 Å². The molecule has 5 nitrogen and oxygen atoms in total. The molecular weight excluding hydrogens is 314 g/mol. The van der Waals surface area contributed by atoms with Crippen molar-refractivity contribution < 1.29 is 19.4 Å². The number of methoxy groups -OCH3 is 1. The summed E-state index contributed by atoms with van der Waals surface area (Å²) in [7, 11) is 1.57. The molecule has 0 aliphatic heterocycles. The van der Waals surface area contributed by atoms with Gasteiger partial charge >= 0.3 is 5.97 Å². The summed E-state index contributed by atoms with van der Waals surface area (Å²) in [5, 5.41) is 12.2. The number of aryl methyl sites for hydroxylation is 1. The normalized spacial score (nSPS) is 10.7. The van der Waals surface area contributed by atoms with Crippen molar-refractivity contribution in [1.29, 1.82) is 0 Å². The molecule has 23 heavy (non-hydrogen) atoms. The number of carbonyl (C=O) groups is 2. The summed E-state index contributed by atoms with van der Waals surface area (Å²) in [6.07, 6.45) is 3.73. The number of carboxylic acids is 1. The summed E-state index contributed by atoms with van der Waals surface area (Å²) in [4.78, 5) is 24.1. The molecule has 0 unspecified atom stereocenters. The van der Waals surface area contributed by atoms with Crippen molar-refractivity contribution in [3.8, 4) is 5.75 Å². The Morgan fingerprint density at radius 3 is 2.78 bits per heavy atom. The number of aromatic carboxylic acids is 1. The van der Waals surface area contributed by atoms with E-state index in [4.69, 9.17) is 4.74 Å². The quantitative estimate of drug-likeness (QED) is 0.792. The van der Waals surface area contributed by atoms with Crippen molar-refractivity contribution in [2.45, 2.75) is 13.3 Å². The van der Waals surface area contributed by atoms with Crippen LogP contribution in [0.25, 0.3) is 6.08 Å². The highest BCUT2D eigenvalue weighted by molar-refractivity contribution is 7.16. The van der Waals surface area contributed by atoms with Crippen LogP contribution in [0, 0.1) is 0 Å². The Kier molecular flexibility index (Phi) is 5.54. The minimum atomic E-state index is -1.05. The minimum Gasteiger partial charge on any atom is -0.497 e. The van der Waals surface area contributed by atoms with E-state index in [0.717, 1.165) is 16.9 Å². The lowest BCUT2D eigenvalue weighted by Crippen LogP contribution is -2.09. The first-order chi connectivity index (χ1) is 11.0. The number of rotatable bonds is 6. The van der Waals surface area contributed by atoms with Crippen molar-refractivity contribution >= 4 is 34.3 Å². The summed E-state index contributed by atoms with van der Waals surface area (Å²) in [6.45, 7) is 1.94. The average Bonchev–Trinajstić information content (AvgIpc) is 2.96. The second kappa shape index (κ2) is 7.60. The SMILES string of the molecule is CCc1cc(C(=O)O)c(NC(=O)/C=C/c2cccc(OC)c2)s1. The van der Waals surface area contributed by atoms with Crippen molar-refractivity contribution in [3.63, 3.8) is 0 Å². The van der Waals surface area contributed by atoms with Gasteiger partial charge in [0.15, 0.2) is 0 Å². The highest BCUT2D eigenvalue weighted by Crippen LogP contribution is 2.28. The molecule has 2 N–H and O–H groups in total. The number of hydrogen-bond donors (Lipinski definition) is 2. The Bertz CT molecular complexity index is 749. The van der Waals surface area contributed by atoms with Gasteiger partial charge in [0.05, 0.1) is 12.7 Å². The maximum Gasteiger partial charge on any atom is 0.338 e. The van der Waals surface area contributed by atoms with E-state index in [1.807, 2.05) is 25.1 Å². The maximum atomic E-state index is 12.0. The van der Waals surface area contributed by atoms with E-state index in [-0.39, 0.29) is 11.5 Å². The Labute approximate surface area is 138 Å².